The van der Waals surface area contributed by atoms with E-state index in [-0.39, 0.29) is 70.2 Å². The lowest BCUT2D eigenvalue weighted by molar-refractivity contribution is -0.196. The van der Waals surface area contributed by atoms with E-state index in [1.807, 2.05) is 23.1 Å². The molecule has 6 atom stereocenters. The monoisotopic (exact) mass is 1160 g/mol. The van der Waals surface area contributed by atoms with Crippen molar-refractivity contribution < 1.29 is 66.5 Å². The number of anilines is 2. The van der Waals surface area contributed by atoms with Crippen molar-refractivity contribution in [3.05, 3.63) is 80.4 Å². The summed E-state index contributed by atoms with van der Waals surface area (Å²) in [7, 11) is 3.01. The fraction of sp³-hybridized carbons (Fsp3) is 0.579. The SMILES string of the molecule is C=C1C[C@H]2C(OC3CCCCO3)N(C(=O)OC(C)(C)C)c3cc(OCc4cc(I)cc(COc5cc6c(cc5OC)C(=O)N5CC(C)(C)C[C@H]5[C@H](OC5CCCCO5)N6C(=O)OC(C)(C)C)c4)c(OC)cc3C(=O)N2C1. The normalized spacial score (nSPS) is 24.4. The standard InChI is InChI=1S/C57H73IN4O14/c1-33-20-41-51(73-47-16-12-14-18-69-47)61(53(65)75-55(2,3)4)39-26-45(43(67-10)24-37(39)49(63)59(41)29-33)71-30-34-21-35(23-36(58)22-34)31-72-46-27-40-38(25-44(46)68-11)50(64)60-32-57(8,9)28-42(60)52(74-48-17-13-15-19-70-48)62(40)54(66)76-56(5,6)7/h21-27,41-42,47-48,51-52H,1,12-20,28-32H2,2-11H3/t41-,42-,47?,48?,51?,52-/m0/s1. The number of halogens is 1. The third-order valence-corrected chi connectivity index (χ3v) is 14.8. The Bertz CT molecular complexity index is 2710. The molecule has 3 aromatic rings. The zero-order valence-electron chi connectivity index (χ0n) is 45.5. The van der Waals surface area contributed by atoms with Crippen LogP contribution in [0.15, 0.2) is 54.6 Å². The molecule has 0 aromatic heterocycles. The number of hydrogen-bond acceptors (Lipinski definition) is 14. The Hall–Kier alpha value is -5.35. The second-order valence-electron chi connectivity index (χ2n) is 23.3. The molecule has 412 valence electrons. The molecule has 0 saturated carbocycles. The van der Waals surface area contributed by atoms with Crippen LogP contribution in [0.3, 0.4) is 0 Å². The highest BCUT2D eigenvalue weighted by molar-refractivity contribution is 14.1. The molecule has 6 aliphatic heterocycles. The third-order valence-electron chi connectivity index (χ3n) is 14.1. The average molecular weight is 1170 g/mol. The highest BCUT2D eigenvalue weighted by atomic mass is 127. The predicted octanol–water partition coefficient (Wildman–Crippen LogP) is 10.7. The van der Waals surface area contributed by atoms with Crippen LogP contribution in [0, 0.1) is 8.99 Å². The summed E-state index contributed by atoms with van der Waals surface area (Å²) in [6.45, 7) is 21.1. The van der Waals surface area contributed by atoms with E-state index in [4.69, 9.17) is 47.4 Å². The number of ether oxygens (including phenoxy) is 10. The van der Waals surface area contributed by atoms with Crippen LogP contribution in [0.4, 0.5) is 21.0 Å². The van der Waals surface area contributed by atoms with Crippen LogP contribution < -0.4 is 28.7 Å². The van der Waals surface area contributed by atoms with E-state index in [9.17, 15) is 19.2 Å². The summed E-state index contributed by atoms with van der Waals surface area (Å²) in [5.41, 5.74) is 1.38. The second kappa shape index (κ2) is 22.2. The minimum absolute atomic E-state index is 0.0550. The number of carbonyl (C=O) groups is 4. The van der Waals surface area contributed by atoms with E-state index >= 15 is 0 Å². The van der Waals surface area contributed by atoms with Crippen molar-refractivity contribution in [2.75, 3.05) is 50.3 Å². The van der Waals surface area contributed by atoms with Gasteiger partial charge in [0, 0.05) is 42.0 Å². The van der Waals surface area contributed by atoms with Gasteiger partial charge in [-0.1, -0.05) is 26.0 Å². The Morgan fingerprint density at radius 1 is 0.671 bits per heavy atom. The molecule has 6 aliphatic rings. The van der Waals surface area contributed by atoms with Crippen LogP contribution in [0.2, 0.25) is 0 Å². The fourth-order valence-corrected chi connectivity index (χ4v) is 11.7. The van der Waals surface area contributed by atoms with E-state index in [1.54, 1.807) is 70.7 Å². The van der Waals surface area contributed by atoms with Gasteiger partial charge in [0.1, 0.15) is 24.4 Å². The summed E-state index contributed by atoms with van der Waals surface area (Å²) in [6, 6.07) is 11.4. The van der Waals surface area contributed by atoms with Gasteiger partial charge < -0.3 is 57.2 Å². The predicted molar refractivity (Wildman–Crippen MR) is 290 cm³/mol. The molecule has 3 unspecified atom stereocenters. The summed E-state index contributed by atoms with van der Waals surface area (Å²) in [5, 5.41) is 0. The third kappa shape index (κ3) is 12.2. The lowest BCUT2D eigenvalue weighted by Gasteiger charge is -2.39. The molecule has 6 heterocycles. The number of benzene rings is 3. The number of hydrogen-bond donors (Lipinski definition) is 0. The Kier molecular flexibility index (Phi) is 16.2. The molecule has 0 N–H and O–H groups in total. The number of methoxy groups -OCH3 is 2. The maximum Gasteiger partial charge on any atom is 0.417 e. The Balaban J connectivity index is 1.02. The van der Waals surface area contributed by atoms with Crippen molar-refractivity contribution in [3.8, 4) is 23.0 Å². The van der Waals surface area contributed by atoms with Crippen molar-refractivity contribution in [2.24, 2.45) is 5.41 Å². The van der Waals surface area contributed by atoms with Crippen LogP contribution in [0.1, 0.15) is 139 Å². The lowest BCUT2D eigenvalue weighted by Crippen LogP contribution is -2.54. The van der Waals surface area contributed by atoms with Crippen molar-refractivity contribution >= 4 is 58.0 Å². The van der Waals surface area contributed by atoms with E-state index in [0.717, 1.165) is 46.0 Å². The number of rotatable bonds is 12. The number of fused-ring (bicyclic) bond motifs is 4. The molecular formula is C57H73IN4O14. The molecule has 4 amide bonds. The molecule has 0 radical (unpaired) electrons. The smallest absolute Gasteiger partial charge is 0.417 e. The van der Waals surface area contributed by atoms with Gasteiger partial charge in [0.05, 0.1) is 48.8 Å². The van der Waals surface area contributed by atoms with Gasteiger partial charge >= 0.3 is 12.2 Å². The van der Waals surface area contributed by atoms with Gasteiger partial charge in [-0.15, -0.1) is 0 Å². The Morgan fingerprint density at radius 2 is 1.14 bits per heavy atom. The molecule has 0 bridgehead atoms. The fourth-order valence-electron chi connectivity index (χ4n) is 10.9. The molecule has 9 rings (SSSR count). The van der Waals surface area contributed by atoms with Gasteiger partial charge in [-0.2, -0.15) is 0 Å². The molecule has 0 aliphatic carbocycles. The summed E-state index contributed by atoms with van der Waals surface area (Å²) in [6.07, 6.45) is 1.43. The summed E-state index contributed by atoms with van der Waals surface area (Å²) in [4.78, 5) is 64.9. The summed E-state index contributed by atoms with van der Waals surface area (Å²) < 4.78 is 63.6. The van der Waals surface area contributed by atoms with Crippen LogP contribution in [-0.4, -0.2) is 123 Å². The molecular weight excluding hydrogens is 1090 g/mol. The Labute approximate surface area is 459 Å². The van der Waals surface area contributed by atoms with E-state index in [0.29, 0.717) is 57.7 Å². The van der Waals surface area contributed by atoms with Gasteiger partial charge in [-0.3, -0.25) is 9.59 Å². The van der Waals surface area contributed by atoms with Crippen molar-refractivity contribution in [1.82, 2.24) is 9.80 Å². The maximum atomic E-state index is 14.8. The molecule has 19 heteroatoms. The van der Waals surface area contributed by atoms with E-state index < -0.39 is 60.5 Å². The largest absolute Gasteiger partial charge is 0.493 e. The summed E-state index contributed by atoms with van der Waals surface area (Å²) >= 11 is 2.24. The first-order valence-corrected chi connectivity index (χ1v) is 27.4. The van der Waals surface area contributed by atoms with Gasteiger partial charge in [0.15, 0.2) is 48.0 Å². The van der Waals surface area contributed by atoms with Crippen LogP contribution >= 0.6 is 22.6 Å². The van der Waals surface area contributed by atoms with Gasteiger partial charge in [0.2, 0.25) is 0 Å². The van der Waals surface area contributed by atoms with Crippen molar-refractivity contribution in [3.63, 3.8) is 0 Å². The zero-order chi connectivity index (χ0) is 54.4. The minimum Gasteiger partial charge on any atom is -0.493 e. The quantitative estimate of drug-likeness (QED) is 0.124. The van der Waals surface area contributed by atoms with Crippen LogP contribution in [0.25, 0.3) is 0 Å². The molecule has 0 spiro atoms. The molecule has 4 saturated heterocycles. The number of nitrogens with zero attached hydrogens (tertiary/aromatic N) is 4. The number of amides is 4. The van der Waals surface area contributed by atoms with Gasteiger partial charge in [-0.05, 0) is 162 Å². The lowest BCUT2D eigenvalue weighted by atomic mass is 9.90. The van der Waals surface area contributed by atoms with Gasteiger partial charge in [0.25, 0.3) is 11.8 Å². The first-order chi connectivity index (χ1) is 36.0. The van der Waals surface area contributed by atoms with Crippen molar-refractivity contribution in [2.45, 2.75) is 168 Å². The molecule has 76 heavy (non-hydrogen) atoms. The highest BCUT2D eigenvalue weighted by Crippen LogP contribution is 2.48. The Morgan fingerprint density at radius 3 is 1.59 bits per heavy atom. The van der Waals surface area contributed by atoms with Crippen molar-refractivity contribution in [1.29, 1.82) is 0 Å². The minimum atomic E-state index is -0.975. The average Bonchev–Trinajstić information content (AvgIpc) is 3.91. The molecule has 18 nitrogen and oxygen atoms in total. The maximum absolute atomic E-state index is 14.8. The first-order valence-electron chi connectivity index (χ1n) is 26.3. The zero-order valence-corrected chi connectivity index (χ0v) is 47.7. The van der Waals surface area contributed by atoms with E-state index in [2.05, 4.69) is 43.0 Å². The first kappa shape index (κ1) is 55.4. The topological polar surface area (TPSA) is 174 Å². The molecule has 4 fully saturated rings. The number of carbonyl (C=O) groups excluding carboxylic acids is 4. The highest BCUT2D eigenvalue weighted by Gasteiger charge is 2.53. The summed E-state index contributed by atoms with van der Waals surface area (Å²) in [5.74, 6) is 0.581. The van der Waals surface area contributed by atoms with E-state index in [1.165, 1.54) is 24.0 Å². The van der Waals surface area contributed by atoms with Gasteiger partial charge in [-0.25, -0.2) is 19.4 Å². The second-order valence-corrected chi connectivity index (χ2v) is 24.5. The van der Waals surface area contributed by atoms with Crippen LogP contribution in [-0.2, 0) is 41.6 Å². The molecule has 3 aromatic carbocycles. The van der Waals surface area contributed by atoms with Crippen LogP contribution in [0.5, 0.6) is 23.0 Å².